The summed E-state index contributed by atoms with van der Waals surface area (Å²) >= 11 is 0. The molecule has 0 saturated carbocycles. The maximum absolute atomic E-state index is 14.9. The third-order valence-electron chi connectivity index (χ3n) is 9.02. The van der Waals surface area contributed by atoms with Crippen LogP contribution in [-0.2, 0) is 17.6 Å². The van der Waals surface area contributed by atoms with Gasteiger partial charge in [0.25, 0.3) is 0 Å². The summed E-state index contributed by atoms with van der Waals surface area (Å²) < 4.78 is 20.7. The van der Waals surface area contributed by atoms with E-state index in [0.717, 1.165) is 57.6 Å². The van der Waals surface area contributed by atoms with Crippen molar-refractivity contribution in [3.05, 3.63) is 47.5 Å². The lowest BCUT2D eigenvalue weighted by Gasteiger charge is -2.37. The van der Waals surface area contributed by atoms with Crippen molar-refractivity contribution >= 4 is 11.9 Å². The highest BCUT2D eigenvalue weighted by Gasteiger charge is 2.32. The quantitative estimate of drug-likeness (QED) is 0.164. The van der Waals surface area contributed by atoms with Crippen molar-refractivity contribution in [1.29, 1.82) is 0 Å². The molecule has 46 heavy (non-hydrogen) atoms. The van der Waals surface area contributed by atoms with Crippen molar-refractivity contribution < 1.29 is 39.5 Å². The number of rotatable bonds is 16. The van der Waals surface area contributed by atoms with Gasteiger partial charge in [-0.05, 0) is 55.2 Å². The van der Waals surface area contributed by atoms with Crippen LogP contribution in [0.2, 0.25) is 0 Å². The van der Waals surface area contributed by atoms with Crippen LogP contribution in [0.3, 0.4) is 0 Å². The van der Waals surface area contributed by atoms with Crippen molar-refractivity contribution in [2.75, 3.05) is 63.9 Å². The number of aliphatic hydroxyl groups is 5. The summed E-state index contributed by atoms with van der Waals surface area (Å²) in [6.45, 7) is 5.38. The number of hydrogen-bond acceptors (Lipinski definition) is 11. The number of piperazine rings is 1. The molecule has 2 saturated heterocycles. The summed E-state index contributed by atoms with van der Waals surface area (Å²) in [5.74, 6) is 1.17. The highest BCUT2D eigenvalue weighted by atomic mass is 19.1. The molecule has 4 rings (SSSR count). The van der Waals surface area contributed by atoms with E-state index in [1.54, 1.807) is 17.0 Å². The predicted octanol–water partition coefficient (Wildman–Crippen LogP) is 0.766. The highest BCUT2D eigenvalue weighted by molar-refractivity contribution is 5.79. The molecule has 0 bridgehead atoms. The first-order chi connectivity index (χ1) is 22.2. The van der Waals surface area contributed by atoms with Gasteiger partial charge >= 0.3 is 0 Å². The second-order valence-electron chi connectivity index (χ2n) is 12.5. The Morgan fingerprint density at radius 1 is 1.00 bits per heavy atom. The Bertz CT molecular complexity index is 1210. The molecule has 0 radical (unpaired) electrons. The molecule has 1 amide bonds. The number of ether oxygens (including phenoxy) is 1. The van der Waals surface area contributed by atoms with E-state index in [2.05, 4.69) is 21.8 Å². The van der Waals surface area contributed by atoms with Crippen molar-refractivity contribution in [1.82, 2.24) is 19.8 Å². The molecule has 2 aliphatic rings. The summed E-state index contributed by atoms with van der Waals surface area (Å²) in [5, 5.41) is 48.5. The Hall–Kier alpha value is -2.94. The zero-order chi connectivity index (χ0) is 33.1. The zero-order valence-corrected chi connectivity index (χ0v) is 26.8. The number of amides is 1. The van der Waals surface area contributed by atoms with Crippen LogP contribution < -0.4 is 9.64 Å². The lowest BCUT2D eigenvalue weighted by atomic mass is 9.92. The molecule has 1 aromatic carbocycles. The normalized spacial score (nSPS) is 19.1. The van der Waals surface area contributed by atoms with Crippen molar-refractivity contribution in [2.24, 2.45) is 5.92 Å². The number of hydrogen-bond donors (Lipinski definition) is 5. The van der Waals surface area contributed by atoms with Gasteiger partial charge in [0, 0.05) is 64.3 Å². The lowest BCUT2D eigenvalue weighted by molar-refractivity contribution is -0.134. The van der Waals surface area contributed by atoms with Gasteiger partial charge in [0.2, 0.25) is 11.9 Å². The van der Waals surface area contributed by atoms with Gasteiger partial charge in [-0.1, -0.05) is 19.4 Å². The van der Waals surface area contributed by atoms with Gasteiger partial charge in [0.1, 0.15) is 29.9 Å². The van der Waals surface area contributed by atoms with Crippen LogP contribution in [0, 0.1) is 11.7 Å². The first-order valence-corrected chi connectivity index (χ1v) is 16.5. The van der Waals surface area contributed by atoms with Gasteiger partial charge in [-0.25, -0.2) is 14.4 Å². The van der Waals surface area contributed by atoms with Crippen LogP contribution >= 0.6 is 0 Å². The summed E-state index contributed by atoms with van der Waals surface area (Å²) in [4.78, 5) is 27.7. The zero-order valence-electron chi connectivity index (χ0n) is 26.8. The van der Waals surface area contributed by atoms with Crippen LogP contribution in [0.25, 0.3) is 0 Å². The summed E-state index contributed by atoms with van der Waals surface area (Å²) in [6, 6.07) is 4.62. The molecular formula is C33H50FN5O7. The molecule has 0 spiro atoms. The van der Waals surface area contributed by atoms with Crippen LogP contribution in [0.5, 0.6) is 5.75 Å². The molecule has 0 unspecified atom stereocenters. The molecule has 2 fully saturated rings. The van der Waals surface area contributed by atoms with E-state index < -0.39 is 36.8 Å². The number of β-amino-alcohol motifs (C(OH)–C–C–N with tert-alkyl or cyclic N) is 1. The molecule has 0 aliphatic carbocycles. The average molecular weight is 648 g/mol. The van der Waals surface area contributed by atoms with E-state index in [9.17, 15) is 29.6 Å². The Balaban J connectivity index is 1.12. The monoisotopic (exact) mass is 647 g/mol. The number of halogens is 1. The minimum atomic E-state index is -1.68. The molecule has 1 aromatic heterocycles. The van der Waals surface area contributed by atoms with Gasteiger partial charge in [-0.15, -0.1) is 0 Å². The van der Waals surface area contributed by atoms with Crippen molar-refractivity contribution in [3.63, 3.8) is 0 Å². The second-order valence-corrected chi connectivity index (χ2v) is 12.5. The van der Waals surface area contributed by atoms with Crippen molar-refractivity contribution in [3.8, 4) is 5.75 Å². The van der Waals surface area contributed by atoms with Crippen LogP contribution in [-0.4, -0.2) is 135 Å². The molecule has 12 nitrogen and oxygen atoms in total. The Morgan fingerprint density at radius 3 is 2.30 bits per heavy atom. The number of carbonyl (C=O) groups is 1. The molecule has 3 heterocycles. The van der Waals surface area contributed by atoms with Crippen molar-refractivity contribution in [2.45, 2.75) is 76.3 Å². The number of aryl methyl sites for hydroxylation is 1. The van der Waals surface area contributed by atoms with Gasteiger partial charge in [0.05, 0.1) is 25.7 Å². The van der Waals surface area contributed by atoms with Crippen LogP contribution in [0.15, 0.2) is 30.6 Å². The number of nitrogens with zero attached hydrogens (tertiary/aromatic N) is 5. The topological polar surface area (TPSA) is 163 Å². The fourth-order valence-corrected chi connectivity index (χ4v) is 6.06. The highest BCUT2D eigenvalue weighted by Crippen LogP contribution is 2.25. The van der Waals surface area contributed by atoms with Gasteiger partial charge in [0.15, 0.2) is 0 Å². The SMILES string of the molecule is CCCc1cnc(N2CCC(CCCOc3ccc(CC(=O)N4CCN(C[C@H](O)[C@@H](O)[C@H](O)[C@H](O)CO)CC4)c(F)c3)CC2)nc1. The van der Waals surface area contributed by atoms with E-state index in [0.29, 0.717) is 50.0 Å². The number of aliphatic hydroxyl groups excluding tert-OH is 5. The Kier molecular flexibility index (Phi) is 13.9. The number of carbonyl (C=O) groups excluding carboxylic acids is 1. The van der Waals surface area contributed by atoms with Crippen LogP contribution in [0.1, 0.15) is 50.2 Å². The Morgan fingerprint density at radius 2 is 1.67 bits per heavy atom. The third kappa shape index (κ3) is 10.3. The van der Waals surface area contributed by atoms with Crippen LogP contribution in [0.4, 0.5) is 10.3 Å². The average Bonchev–Trinajstić information content (AvgIpc) is 3.07. The first kappa shape index (κ1) is 35.9. The van der Waals surface area contributed by atoms with E-state index in [1.807, 2.05) is 17.3 Å². The summed E-state index contributed by atoms with van der Waals surface area (Å²) in [6.07, 6.45) is 3.73. The fraction of sp³-hybridized carbons (Fsp3) is 0.667. The molecule has 5 N–H and O–H groups in total. The number of anilines is 1. The summed E-state index contributed by atoms with van der Waals surface area (Å²) in [7, 11) is 0. The molecular weight excluding hydrogens is 597 g/mol. The molecule has 13 heteroatoms. The molecule has 2 aromatic rings. The maximum atomic E-state index is 14.9. The van der Waals surface area contributed by atoms with Gasteiger partial charge < -0.3 is 40.1 Å². The number of benzene rings is 1. The predicted molar refractivity (Wildman–Crippen MR) is 170 cm³/mol. The third-order valence-corrected chi connectivity index (χ3v) is 9.02. The smallest absolute Gasteiger partial charge is 0.227 e. The molecule has 256 valence electrons. The summed E-state index contributed by atoms with van der Waals surface area (Å²) in [5.41, 5.74) is 1.47. The molecule has 2 aliphatic heterocycles. The minimum absolute atomic E-state index is 0.0251. The second kappa shape index (κ2) is 17.8. The van der Waals surface area contributed by atoms with E-state index in [1.165, 1.54) is 11.6 Å². The van der Waals surface area contributed by atoms with E-state index in [4.69, 9.17) is 9.84 Å². The van der Waals surface area contributed by atoms with E-state index >= 15 is 0 Å². The number of aromatic nitrogens is 2. The van der Waals surface area contributed by atoms with Gasteiger partial charge in [-0.2, -0.15) is 0 Å². The maximum Gasteiger partial charge on any atom is 0.227 e. The van der Waals surface area contributed by atoms with E-state index in [-0.39, 0.29) is 18.9 Å². The molecule has 4 atom stereocenters. The fourth-order valence-electron chi connectivity index (χ4n) is 6.06. The standard InChI is InChI=1S/C33H50FN5O7/c1-2-4-24-19-35-33(36-20-24)39-10-8-23(9-11-39)5-3-16-46-26-7-6-25(27(34)18-26)17-30(43)38-14-12-37(13-15-38)21-28(41)31(44)32(45)29(42)22-40/h6-7,18-20,23,28-29,31-32,40-42,44-45H,2-5,8-17,21-22H2,1H3/t28-,29+,31+,32+/m0/s1. The minimum Gasteiger partial charge on any atom is -0.493 e. The lowest BCUT2D eigenvalue weighted by Crippen LogP contribution is -2.54. The number of piperidine rings is 1. The first-order valence-electron chi connectivity index (χ1n) is 16.5. The largest absolute Gasteiger partial charge is 0.493 e. The van der Waals surface area contributed by atoms with Gasteiger partial charge in [-0.3, -0.25) is 9.69 Å². The Labute approximate surface area is 270 Å².